The Bertz CT molecular complexity index is 491. The highest BCUT2D eigenvalue weighted by atomic mass is 16.3. The Morgan fingerprint density at radius 1 is 1.35 bits per heavy atom. The minimum Gasteiger partial charge on any atom is -0.511 e. The van der Waals surface area contributed by atoms with Gasteiger partial charge in [0.25, 0.3) is 5.91 Å². The standard InChI is InChI=1S/C15H20N2O3/c1-3-11(16)14(15(20)17-2)13(19)9-12(18)10-7-5-4-6-8-10/h4-8,12,16,18-19H,3,9H2,1-2H3,(H,17,20)/b14-13-,16-11?. The normalized spacial score (nSPS) is 13.3. The van der Waals surface area contributed by atoms with Crippen LogP contribution in [0.4, 0.5) is 0 Å². The summed E-state index contributed by atoms with van der Waals surface area (Å²) in [5.41, 5.74) is 0.630. The van der Waals surface area contributed by atoms with Gasteiger partial charge in [-0.3, -0.25) is 4.79 Å². The van der Waals surface area contributed by atoms with E-state index >= 15 is 0 Å². The highest BCUT2D eigenvalue weighted by Gasteiger charge is 2.20. The Balaban J connectivity index is 2.99. The summed E-state index contributed by atoms with van der Waals surface area (Å²) in [4.78, 5) is 11.7. The van der Waals surface area contributed by atoms with Crippen molar-refractivity contribution in [2.45, 2.75) is 25.9 Å². The number of aliphatic hydroxyl groups is 2. The van der Waals surface area contributed by atoms with E-state index in [1.807, 2.05) is 6.07 Å². The van der Waals surface area contributed by atoms with E-state index in [0.717, 1.165) is 0 Å². The molecule has 5 nitrogen and oxygen atoms in total. The Morgan fingerprint density at radius 2 is 1.95 bits per heavy atom. The second-order valence-electron chi connectivity index (χ2n) is 4.36. The molecule has 1 aromatic rings. The van der Waals surface area contributed by atoms with Gasteiger partial charge in [0.05, 0.1) is 11.7 Å². The molecule has 5 heteroatoms. The molecule has 4 N–H and O–H groups in total. The summed E-state index contributed by atoms with van der Waals surface area (Å²) < 4.78 is 0. The first kappa shape index (κ1) is 15.9. The molecule has 0 aliphatic heterocycles. The van der Waals surface area contributed by atoms with Crippen molar-refractivity contribution < 1.29 is 15.0 Å². The maximum atomic E-state index is 11.7. The van der Waals surface area contributed by atoms with Crippen LogP contribution >= 0.6 is 0 Å². The zero-order valence-electron chi connectivity index (χ0n) is 11.7. The van der Waals surface area contributed by atoms with Crippen molar-refractivity contribution >= 4 is 11.6 Å². The lowest BCUT2D eigenvalue weighted by Gasteiger charge is -2.14. The number of carbonyl (C=O) groups is 1. The maximum absolute atomic E-state index is 11.7. The average molecular weight is 276 g/mol. The first-order valence-corrected chi connectivity index (χ1v) is 6.46. The van der Waals surface area contributed by atoms with Crippen LogP contribution < -0.4 is 5.32 Å². The van der Waals surface area contributed by atoms with Gasteiger partial charge in [0.15, 0.2) is 0 Å². The molecule has 0 aromatic heterocycles. The minimum atomic E-state index is -0.916. The molecule has 1 rings (SSSR count). The Hall–Kier alpha value is -2.14. The third kappa shape index (κ3) is 3.93. The van der Waals surface area contributed by atoms with Crippen LogP contribution in [0.3, 0.4) is 0 Å². The number of hydrogen-bond acceptors (Lipinski definition) is 4. The van der Waals surface area contributed by atoms with E-state index < -0.39 is 12.0 Å². The second kappa shape index (κ2) is 7.45. The summed E-state index contributed by atoms with van der Waals surface area (Å²) in [6, 6.07) is 8.88. The lowest BCUT2D eigenvalue weighted by Crippen LogP contribution is -2.26. The monoisotopic (exact) mass is 276 g/mol. The number of hydrogen-bond donors (Lipinski definition) is 4. The first-order valence-electron chi connectivity index (χ1n) is 6.46. The topological polar surface area (TPSA) is 93.4 Å². The van der Waals surface area contributed by atoms with E-state index in [2.05, 4.69) is 5.32 Å². The van der Waals surface area contributed by atoms with Crippen molar-refractivity contribution in [3.8, 4) is 0 Å². The quantitative estimate of drug-likeness (QED) is 0.364. The van der Waals surface area contributed by atoms with E-state index in [1.54, 1.807) is 31.2 Å². The van der Waals surface area contributed by atoms with Crippen molar-refractivity contribution in [3.05, 3.63) is 47.2 Å². The summed E-state index contributed by atoms with van der Waals surface area (Å²) in [6.07, 6.45) is -0.691. The van der Waals surface area contributed by atoms with E-state index in [1.165, 1.54) is 7.05 Å². The highest BCUT2D eigenvalue weighted by Crippen LogP contribution is 2.22. The first-order chi connectivity index (χ1) is 9.51. The third-order valence-corrected chi connectivity index (χ3v) is 2.97. The van der Waals surface area contributed by atoms with Crippen molar-refractivity contribution in [1.29, 1.82) is 5.41 Å². The predicted molar refractivity (Wildman–Crippen MR) is 77.8 cm³/mol. The van der Waals surface area contributed by atoms with Crippen LogP contribution in [0.1, 0.15) is 31.4 Å². The fourth-order valence-electron chi connectivity index (χ4n) is 1.82. The van der Waals surface area contributed by atoms with Crippen LogP contribution in [0.25, 0.3) is 0 Å². The molecule has 0 aliphatic rings. The number of carbonyl (C=O) groups excluding carboxylic acids is 1. The Labute approximate surface area is 118 Å². The van der Waals surface area contributed by atoms with E-state index in [4.69, 9.17) is 5.41 Å². The molecule has 1 aromatic carbocycles. The predicted octanol–water partition coefficient (Wildman–Crippen LogP) is 2.10. The summed E-state index contributed by atoms with van der Waals surface area (Å²) in [5.74, 6) is -0.790. The molecule has 0 bridgehead atoms. The van der Waals surface area contributed by atoms with Crippen LogP contribution in [0.15, 0.2) is 41.7 Å². The van der Waals surface area contributed by atoms with Gasteiger partial charge in [0.2, 0.25) is 0 Å². The van der Waals surface area contributed by atoms with Gasteiger partial charge in [-0.15, -0.1) is 0 Å². The molecule has 1 amide bonds. The van der Waals surface area contributed by atoms with Gasteiger partial charge >= 0.3 is 0 Å². The molecule has 0 saturated heterocycles. The molecule has 108 valence electrons. The van der Waals surface area contributed by atoms with Crippen LogP contribution in [0, 0.1) is 5.41 Å². The number of benzene rings is 1. The zero-order chi connectivity index (χ0) is 15.1. The molecule has 0 fully saturated rings. The van der Waals surface area contributed by atoms with Crippen molar-refractivity contribution in [2.75, 3.05) is 7.05 Å². The molecule has 0 heterocycles. The maximum Gasteiger partial charge on any atom is 0.256 e. The molecule has 0 saturated carbocycles. The number of rotatable bonds is 6. The second-order valence-corrected chi connectivity index (χ2v) is 4.36. The lowest BCUT2D eigenvalue weighted by atomic mass is 10.00. The summed E-state index contributed by atoms with van der Waals surface area (Å²) in [5, 5.41) is 30.3. The van der Waals surface area contributed by atoms with Gasteiger partial charge < -0.3 is 20.9 Å². The molecule has 0 aliphatic carbocycles. The fraction of sp³-hybridized carbons (Fsp3) is 0.333. The van der Waals surface area contributed by atoms with Crippen molar-refractivity contribution in [1.82, 2.24) is 5.32 Å². The molecular weight excluding hydrogens is 256 g/mol. The number of aliphatic hydroxyl groups excluding tert-OH is 2. The molecule has 20 heavy (non-hydrogen) atoms. The van der Waals surface area contributed by atoms with Crippen LogP contribution in [0.5, 0.6) is 0 Å². The van der Waals surface area contributed by atoms with Gasteiger partial charge in [-0.2, -0.15) is 0 Å². The van der Waals surface area contributed by atoms with Crippen molar-refractivity contribution in [2.24, 2.45) is 0 Å². The summed E-state index contributed by atoms with van der Waals surface area (Å²) >= 11 is 0. The molecular formula is C15H20N2O3. The van der Waals surface area contributed by atoms with Gasteiger partial charge in [-0.05, 0) is 12.0 Å². The molecule has 0 radical (unpaired) electrons. The Kier molecular flexibility index (Phi) is 5.93. The van der Waals surface area contributed by atoms with Crippen LogP contribution in [-0.4, -0.2) is 28.9 Å². The van der Waals surface area contributed by atoms with Gasteiger partial charge in [0, 0.05) is 19.2 Å². The van der Waals surface area contributed by atoms with Crippen molar-refractivity contribution in [3.63, 3.8) is 0 Å². The SMILES string of the molecule is CCC(=N)/C(C(=O)NC)=C(/O)CC(O)c1ccccc1. The molecule has 0 spiro atoms. The van der Waals surface area contributed by atoms with E-state index in [9.17, 15) is 15.0 Å². The molecule has 1 atom stereocenters. The number of amides is 1. The highest BCUT2D eigenvalue weighted by molar-refractivity contribution is 6.20. The smallest absolute Gasteiger partial charge is 0.256 e. The number of likely N-dealkylation sites (N-methyl/N-ethyl adjacent to an activating group) is 1. The molecule has 1 unspecified atom stereocenters. The Morgan fingerprint density at radius 3 is 2.45 bits per heavy atom. The number of nitrogens with one attached hydrogen (secondary N) is 2. The zero-order valence-corrected chi connectivity index (χ0v) is 11.7. The summed E-state index contributed by atoms with van der Waals surface area (Å²) in [6.45, 7) is 1.73. The van der Waals surface area contributed by atoms with Crippen LogP contribution in [-0.2, 0) is 4.79 Å². The average Bonchev–Trinajstić information content (AvgIpc) is 2.47. The van der Waals surface area contributed by atoms with E-state index in [-0.39, 0.29) is 23.5 Å². The lowest BCUT2D eigenvalue weighted by molar-refractivity contribution is -0.116. The van der Waals surface area contributed by atoms with E-state index in [0.29, 0.717) is 12.0 Å². The van der Waals surface area contributed by atoms with Gasteiger partial charge in [0.1, 0.15) is 5.76 Å². The van der Waals surface area contributed by atoms with Crippen LogP contribution in [0.2, 0.25) is 0 Å². The summed E-state index contributed by atoms with van der Waals surface area (Å²) in [7, 11) is 1.44. The minimum absolute atomic E-state index is 0.0436. The third-order valence-electron chi connectivity index (χ3n) is 2.97. The van der Waals surface area contributed by atoms with Gasteiger partial charge in [-0.25, -0.2) is 0 Å². The fourth-order valence-corrected chi connectivity index (χ4v) is 1.82. The van der Waals surface area contributed by atoms with Gasteiger partial charge in [-0.1, -0.05) is 37.3 Å². The largest absolute Gasteiger partial charge is 0.511 e.